The molecule has 84 valence electrons. The fraction of sp³-hybridized carbons (Fsp3) is 0.615. The van der Waals surface area contributed by atoms with Crippen molar-refractivity contribution in [3.05, 3.63) is 30.1 Å². The van der Waals surface area contributed by atoms with Crippen LogP contribution in [0.15, 0.2) is 24.4 Å². The standard InChI is InChI=1S/C13H21NO/c1-3-4-6-9-13(2,15)11-12-8-5-7-10-14-12/h5,7-8,10,15H,3-4,6,9,11H2,1-2H3. The summed E-state index contributed by atoms with van der Waals surface area (Å²) < 4.78 is 0. The molecule has 1 N–H and O–H groups in total. The molecule has 2 heteroatoms. The van der Waals surface area contributed by atoms with Crippen molar-refractivity contribution in [3.8, 4) is 0 Å². The van der Waals surface area contributed by atoms with Crippen molar-refractivity contribution in [3.63, 3.8) is 0 Å². The monoisotopic (exact) mass is 207 g/mol. The van der Waals surface area contributed by atoms with E-state index in [0.717, 1.165) is 18.5 Å². The fourth-order valence-electron chi connectivity index (χ4n) is 1.74. The molecule has 0 saturated heterocycles. The first-order chi connectivity index (χ1) is 7.14. The zero-order chi connectivity index (χ0) is 11.1. The Morgan fingerprint density at radius 3 is 2.73 bits per heavy atom. The van der Waals surface area contributed by atoms with E-state index in [0.29, 0.717) is 6.42 Å². The molecule has 1 unspecified atom stereocenters. The van der Waals surface area contributed by atoms with Gasteiger partial charge in [-0.25, -0.2) is 0 Å². The second-order valence-electron chi connectivity index (χ2n) is 4.45. The molecule has 0 fully saturated rings. The molecule has 0 radical (unpaired) electrons. The van der Waals surface area contributed by atoms with Gasteiger partial charge in [-0.1, -0.05) is 32.3 Å². The highest BCUT2D eigenvalue weighted by Crippen LogP contribution is 2.18. The Bertz CT molecular complexity index is 269. The molecule has 0 saturated carbocycles. The molecule has 0 aliphatic heterocycles. The molecular formula is C13H21NO. The highest BCUT2D eigenvalue weighted by molar-refractivity contribution is 5.06. The van der Waals surface area contributed by atoms with Crippen LogP contribution in [0.1, 0.15) is 45.2 Å². The van der Waals surface area contributed by atoms with Gasteiger partial charge >= 0.3 is 0 Å². The predicted octanol–water partition coefficient (Wildman–Crippen LogP) is 2.96. The van der Waals surface area contributed by atoms with E-state index in [4.69, 9.17) is 0 Å². The van der Waals surface area contributed by atoms with E-state index in [2.05, 4.69) is 11.9 Å². The molecule has 0 aliphatic carbocycles. The molecule has 1 rings (SSSR count). The Morgan fingerprint density at radius 2 is 2.13 bits per heavy atom. The molecule has 0 bridgehead atoms. The number of aliphatic hydroxyl groups is 1. The third-order valence-corrected chi connectivity index (χ3v) is 2.61. The van der Waals surface area contributed by atoms with Crippen LogP contribution in [0.4, 0.5) is 0 Å². The molecule has 2 nitrogen and oxygen atoms in total. The van der Waals surface area contributed by atoms with E-state index in [-0.39, 0.29) is 0 Å². The average Bonchev–Trinajstić information content (AvgIpc) is 2.18. The van der Waals surface area contributed by atoms with Crippen molar-refractivity contribution in [1.29, 1.82) is 0 Å². The van der Waals surface area contributed by atoms with Crippen LogP contribution in [0.5, 0.6) is 0 Å². The zero-order valence-corrected chi connectivity index (χ0v) is 9.74. The molecule has 1 aromatic heterocycles. The van der Waals surface area contributed by atoms with Gasteiger partial charge in [-0.2, -0.15) is 0 Å². The lowest BCUT2D eigenvalue weighted by molar-refractivity contribution is 0.0476. The third-order valence-electron chi connectivity index (χ3n) is 2.61. The van der Waals surface area contributed by atoms with Gasteiger partial charge in [-0.05, 0) is 25.5 Å². The molecular weight excluding hydrogens is 186 g/mol. The number of aromatic nitrogens is 1. The number of hydrogen-bond acceptors (Lipinski definition) is 2. The maximum Gasteiger partial charge on any atom is 0.0675 e. The minimum atomic E-state index is -0.608. The van der Waals surface area contributed by atoms with E-state index in [1.54, 1.807) is 6.20 Å². The van der Waals surface area contributed by atoms with Crippen LogP contribution in [0.3, 0.4) is 0 Å². The number of hydrogen-bond donors (Lipinski definition) is 1. The highest BCUT2D eigenvalue weighted by Gasteiger charge is 2.20. The van der Waals surface area contributed by atoms with E-state index in [9.17, 15) is 5.11 Å². The lowest BCUT2D eigenvalue weighted by Crippen LogP contribution is -2.27. The summed E-state index contributed by atoms with van der Waals surface area (Å²) in [6.45, 7) is 4.07. The smallest absolute Gasteiger partial charge is 0.0675 e. The lowest BCUT2D eigenvalue weighted by atomic mass is 9.93. The molecule has 0 aromatic carbocycles. The summed E-state index contributed by atoms with van der Waals surface area (Å²) in [6.07, 6.45) is 6.76. The maximum absolute atomic E-state index is 10.2. The third kappa shape index (κ3) is 4.93. The molecule has 0 aliphatic rings. The Labute approximate surface area is 92.4 Å². The molecule has 1 atom stereocenters. The minimum Gasteiger partial charge on any atom is -0.390 e. The van der Waals surface area contributed by atoms with E-state index >= 15 is 0 Å². The molecule has 0 amide bonds. The first-order valence-corrected chi connectivity index (χ1v) is 5.76. The van der Waals surface area contributed by atoms with E-state index in [1.807, 2.05) is 25.1 Å². The van der Waals surface area contributed by atoms with Crippen LogP contribution in [0, 0.1) is 0 Å². The van der Waals surface area contributed by atoms with Gasteiger partial charge in [-0.15, -0.1) is 0 Å². The predicted molar refractivity (Wildman–Crippen MR) is 62.7 cm³/mol. The molecule has 0 spiro atoms. The van der Waals surface area contributed by atoms with E-state index < -0.39 is 5.60 Å². The van der Waals surface area contributed by atoms with Gasteiger partial charge in [-0.3, -0.25) is 4.98 Å². The summed E-state index contributed by atoms with van der Waals surface area (Å²) in [5, 5.41) is 10.2. The van der Waals surface area contributed by atoms with Gasteiger partial charge in [0.05, 0.1) is 5.60 Å². The number of nitrogens with zero attached hydrogens (tertiary/aromatic N) is 1. The van der Waals surface area contributed by atoms with Gasteiger partial charge in [0.2, 0.25) is 0 Å². The van der Waals surface area contributed by atoms with Crippen molar-refractivity contribution < 1.29 is 5.11 Å². The van der Waals surface area contributed by atoms with Gasteiger partial charge in [0.25, 0.3) is 0 Å². The summed E-state index contributed by atoms with van der Waals surface area (Å²) in [7, 11) is 0. The van der Waals surface area contributed by atoms with Crippen LogP contribution in [0.25, 0.3) is 0 Å². The van der Waals surface area contributed by atoms with Gasteiger partial charge in [0.15, 0.2) is 0 Å². The van der Waals surface area contributed by atoms with Crippen molar-refractivity contribution in [1.82, 2.24) is 4.98 Å². The largest absolute Gasteiger partial charge is 0.390 e. The molecule has 15 heavy (non-hydrogen) atoms. The van der Waals surface area contributed by atoms with Crippen molar-refractivity contribution in [2.45, 2.75) is 51.6 Å². The van der Waals surface area contributed by atoms with E-state index in [1.165, 1.54) is 12.8 Å². The molecule has 1 heterocycles. The van der Waals surface area contributed by atoms with Gasteiger partial charge < -0.3 is 5.11 Å². The topological polar surface area (TPSA) is 33.1 Å². The summed E-state index contributed by atoms with van der Waals surface area (Å²) in [5.74, 6) is 0. The zero-order valence-electron chi connectivity index (χ0n) is 9.74. The normalized spacial score (nSPS) is 14.9. The van der Waals surface area contributed by atoms with Crippen LogP contribution < -0.4 is 0 Å². The first kappa shape index (κ1) is 12.2. The summed E-state index contributed by atoms with van der Waals surface area (Å²) >= 11 is 0. The van der Waals surface area contributed by atoms with Crippen LogP contribution in [-0.4, -0.2) is 15.7 Å². The van der Waals surface area contributed by atoms with Crippen molar-refractivity contribution >= 4 is 0 Å². The van der Waals surface area contributed by atoms with Crippen molar-refractivity contribution in [2.24, 2.45) is 0 Å². The highest BCUT2D eigenvalue weighted by atomic mass is 16.3. The van der Waals surface area contributed by atoms with Crippen molar-refractivity contribution in [2.75, 3.05) is 0 Å². The Hall–Kier alpha value is -0.890. The lowest BCUT2D eigenvalue weighted by Gasteiger charge is -2.22. The minimum absolute atomic E-state index is 0.608. The maximum atomic E-state index is 10.2. The number of unbranched alkanes of at least 4 members (excludes halogenated alkanes) is 2. The van der Waals surface area contributed by atoms with Gasteiger partial charge in [0.1, 0.15) is 0 Å². The SMILES string of the molecule is CCCCCC(C)(O)Cc1ccccn1. The van der Waals surface area contributed by atoms with Crippen LogP contribution in [-0.2, 0) is 6.42 Å². The number of rotatable bonds is 6. The number of pyridine rings is 1. The average molecular weight is 207 g/mol. The quantitative estimate of drug-likeness (QED) is 0.727. The Morgan fingerprint density at radius 1 is 1.33 bits per heavy atom. The fourth-order valence-corrected chi connectivity index (χ4v) is 1.74. The first-order valence-electron chi connectivity index (χ1n) is 5.76. The van der Waals surface area contributed by atoms with Crippen LogP contribution >= 0.6 is 0 Å². The second kappa shape index (κ2) is 5.86. The van der Waals surface area contributed by atoms with Crippen LogP contribution in [0.2, 0.25) is 0 Å². The Kier molecular flexibility index (Phi) is 4.76. The molecule has 1 aromatic rings. The Balaban J connectivity index is 2.42. The second-order valence-corrected chi connectivity index (χ2v) is 4.45. The summed E-state index contributed by atoms with van der Waals surface area (Å²) in [5.41, 5.74) is 0.364. The summed E-state index contributed by atoms with van der Waals surface area (Å²) in [4.78, 5) is 4.23. The van der Waals surface area contributed by atoms with Gasteiger partial charge in [0, 0.05) is 18.3 Å². The summed E-state index contributed by atoms with van der Waals surface area (Å²) in [6, 6.07) is 5.83.